The van der Waals surface area contributed by atoms with E-state index in [0.29, 0.717) is 31.9 Å². The van der Waals surface area contributed by atoms with Gasteiger partial charge in [-0.05, 0) is 18.2 Å². The van der Waals surface area contributed by atoms with E-state index in [1.807, 2.05) is 70.3 Å². The first-order valence-corrected chi connectivity index (χ1v) is 10.8. The molecule has 1 aromatic heterocycles. The van der Waals surface area contributed by atoms with E-state index in [4.69, 9.17) is 4.74 Å². The second kappa shape index (κ2) is 9.70. The number of primary amides is 1. The van der Waals surface area contributed by atoms with Crippen molar-refractivity contribution in [3.63, 3.8) is 0 Å². The Morgan fingerprint density at radius 2 is 1.76 bits per heavy atom. The van der Waals surface area contributed by atoms with Crippen LogP contribution in [-0.4, -0.2) is 53.5 Å². The molecule has 0 spiro atoms. The number of carbonyl (C=O) groups excluding carboxylic acids is 3. The molecule has 170 valence electrons. The maximum atomic E-state index is 12.8. The largest absolute Gasteiger partial charge is 0.378 e. The molecule has 8 nitrogen and oxygen atoms in total. The first-order valence-electron chi connectivity index (χ1n) is 10.8. The Bertz CT molecular complexity index is 1230. The number of para-hydroxylation sites is 2. The number of carbonyl (C=O) groups is 3. The van der Waals surface area contributed by atoms with Crippen molar-refractivity contribution >= 4 is 46.0 Å². The molecule has 3 N–H and O–H groups in total. The number of anilines is 1. The molecule has 0 atom stereocenters. The van der Waals surface area contributed by atoms with E-state index in [-0.39, 0.29) is 24.3 Å². The SMILES string of the molecule is CC(N)=O.O=C1Nc2ccccc2C1=Cc1cn(CC(=O)N2CCOCC2)c2ccccc12. The van der Waals surface area contributed by atoms with Crippen LogP contribution in [0.15, 0.2) is 54.7 Å². The van der Waals surface area contributed by atoms with Gasteiger partial charge < -0.3 is 25.3 Å². The summed E-state index contributed by atoms with van der Waals surface area (Å²) in [5, 5.41) is 3.93. The predicted octanol–water partition coefficient (Wildman–Crippen LogP) is 2.48. The van der Waals surface area contributed by atoms with Crippen molar-refractivity contribution in [3.8, 4) is 0 Å². The molecule has 3 amide bonds. The summed E-state index contributed by atoms with van der Waals surface area (Å²) >= 11 is 0. The van der Waals surface area contributed by atoms with Crippen LogP contribution in [-0.2, 0) is 25.7 Å². The molecule has 2 aliphatic heterocycles. The zero-order valence-corrected chi connectivity index (χ0v) is 18.4. The number of nitrogens with zero attached hydrogens (tertiary/aromatic N) is 2. The zero-order chi connectivity index (χ0) is 23.4. The molecule has 2 aromatic carbocycles. The number of aromatic nitrogens is 1. The Balaban J connectivity index is 0.000000601. The molecule has 0 saturated carbocycles. The van der Waals surface area contributed by atoms with Crippen LogP contribution >= 0.6 is 0 Å². The highest BCUT2D eigenvalue weighted by molar-refractivity contribution is 6.35. The van der Waals surface area contributed by atoms with Crippen LogP contribution in [0, 0.1) is 0 Å². The number of nitrogens with two attached hydrogens (primary N) is 1. The Kier molecular flexibility index (Phi) is 6.55. The fraction of sp³-hybridized carbons (Fsp3) is 0.240. The van der Waals surface area contributed by atoms with E-state index in [1.54, 1.807) is 0 Å². The first kappa shape index (κ1) is 22.3. The second-order valence-corrected chi connectivity index (χ2v) is 7.89. The summed E-state index contributed by atoms with van der Waals surface area (Å²) in [6.45, 7) is 4.01. The van der Waals surface area contributed by atoms with Gasteiger partial charge in [0, 0.05) is 59.5 Å². The zero-order valence-electron chi connectivity index (χ0n) is 18.4. The van der Waals surface area contributed by atoms with Crippen LogP contribution in [0.5, 0.6) is 0 Å². The number of nitrogens with one attached hydrogen (secondary N) is 1. The molecular weight excluding hydrogens is 420 g/mol. The lowest BCUT2D eigenvalue weighted by molar-refractivity contribution is -0.135. The fourth-order valence-electron chi connectivity index (χ4n) is 4.02. The molecule has 0 radical (unpaired) electrons. The third-order valence-electron chi connectivity index (χ3n) is 5.50. The Morgan fingerprint density at radius 1 is 1.09 bits per heavy atom. The van der Waals surface area contributed by atoms with Gasteiger partial charge in [-0.3, -0.25) is 14.4 Å². The molecule has 0 unspecified atom stereocenters. The molecule has 3 aromatic rings. The van der Waals surface area contributed by atoms with E-state index in [2.05, 4.69) is 11.1 Å². The van der Waals surface area contributed by atoms with Gasteiger partial charge in [0.2, 0.25) is 11.8 Å². The molecule has 2 aliphatic rings. The number of benzene rings is 2. The average Bonchev–Trinajstić information content (AvgIpc) is 3.31. The van der Waals surface area contributed by atoms with Gasteiger partial charge in [0.1, 0.15) is 6.54 Å². The van der Waals surface area contributed by atoms with Gasteiger partial charge in [0.25, 0.3) is 5.91 Å². The molecule has 33 heavy (non-hydrogen) atoms. The van der Waals surface area contributed by atoms with Gasteiger partial charge in [0.05, 0.1) is 13.2 Å². The van der Waals surface area contributed by atoms with Gasteiger partial charge >= 0.3 is 0 Å². The molecular formula is C25H26N4O4. The molecule has 8 heteroatoms. The summed E-state index contributed by atoms with van der Waals surface area (Å²) in [6, 6.07) is 15.7. The van der Waals surface area contributed by atoms with Crippen LogP contribution in [0.4, 0.5) is 5.69 Å². The van der Waals surface area contributed by atoms with E-state index in [0.717, 1.165) is 27.7 Å². The quantitative estimate of drug-likeness (QED) is 0.603. The molecule has 0 bridgehead atoms. The maximum absolute atomic E-state index is 12.8. The number of ether oxygens (including phenoxy) is 1. The Morgan fingerprint density at radius 3 is 2.52 bits per heavy atom. The van der Waals surface area contributed by atoms with Crippen LogP contribution in [0.3, 0.4) is 0 Å². The van der Waals surface area contributed by atoms with E-state index < -0.39 is 0 Å². The van der Waals surface area contributed by atoms with E-state index >= 15 is 0 Å². The smallest absolute Gasteiger partial charge is 0.256 e. The van der Waals surface area contributed by atoms with Crippen molar-refractivity contribution in [2.45, 2.75) is 13.5 Å². The summed E-state index contributed by atoms with van der Waals surface area (Å²) in [6.07, 6.45) is 3.88. The maximum Gasteiger partial charge on any atom is 0.256 e. The van der Waals surface area contributed by atoms with E-state index in [1.165, 1.54) is 6.92 Å². The number of hydrogen-bond acceptors (Lipinski definition) is 4. The van der Waals surface area contributed by atoms with Crippen LogP contribution < -0.4 is 11.1 Å². The van der Waals surface area contributed by atoms with Crippen molar-refractivity contribution in [2.24, 2.45) is 5.73 Å². The topological polar surface area (TPSA) is 107 Å². The Hall–Kier alpha value is -3.91. The average molecular weight is 447 g/mol. The third-order valence-corrected chi connectivity index (χ3v) is 5.50. The van der Waals surface area contributed by atoms with Crippen molar-refractivity contribution in [2.75, 3.05) is 31.6 Å². The predicted molar refractivity (Wildman–Crippen MR) is 127 cm³/mol. The highest BCUT2D eigenvalue weighted by Crippen LogP contribution is 2.34. The van der Waals surface area contributed by atoms with Crippen molar-refractivity contribution < 1.29 is 19.1 Å². The minimum Gasteiger partial charge on any atom is -0.378 e. The highest BCUT2D eigenvalue weighted by Gasteiger charge is 2.24. The lowest BCUT2D eigenvalue weighted by Crippen LogP contribution is -2.42. The van der Waals surface area contributed by atoms with Crippen molar-refractivity contribution in [3.05, 3.63) is 65.9 Å². The Labute approximate surface area is 191 Å². The molecule has 3 heterocycles. The monoisotopic (exact) mass is 446 g/mol. The van der Waals surface area contributed by atoms with Gasteiger partial charge in [0.15, 0.2) is 0 Å². The number of morpholine rings is 1. The summed E-state index contributed by atoms with van der Waals surface area (Å²) < 4.78 is 7.31. The minimum absolute atomic E-state index is 0.0808. The summed E-state index contributed by atoms with van der Waals surface area (Å²) in [4.78, 5) is 36.3. The lowest BCUT2D eigenvalue weighted by atomic mass is 10.0. The van der Waals surface area contributed by atoms with Gasteiger partial charge in [-0.1, -0.05) is 36.4 Å². The standard InChI is InChI=1S/C23H21N3O3.C2H5NO/c27-22(25-9-11-29-12-10-25)15-26-14-16(17-5-2-4-8-21(17)26)13-19-18-6-1-3-7-20(18)24-23(19)28;1-2(3)4/h1-8,13-14H,9-12,15H2,(H,24,28);1H3,(H2,3,4). The first-order chi connectivity index (χ1) is 15.9. The molecule has 1 saturated heterocycles. The number of rotatable bonds is 3. The molecule has 0 aliphatic carbocycles. The van der Waals surface area contributed by atoms with Crippen LogP contribution in [0.1, 0.15) is 18.1 Å². The lowest BCUT2D eigenvalue weighted by Gasteiger charge is -2.27. The summed E-state index contributed by atoms with van der Waals surface area (Å²) in [5.74, 6) is -0.357. The number of hydrogen-bond donors (Lipinski definition) is 2. The fourth-order valence-corrected chi connectivity index (χ4v) is 4.02. The number of amides is 3. The van der Waals surface area contributed by atoms with Crippen LogP contribution in [0.2, 0.25) is 0 Å². The van der Waals surface area contributed by atoms with Gasteiger partial charge in [-0.15, -0.1) is 0 Å². The van der Waals surface area contributed by atoms with E-state index in [9.17, 15) is 14.4 Å². The van der Waals surface area contributed by atoms with Crippen molar-refractivity contribution in [1.82, 2.24) is 9.47 Å². The summed E-state index contributed by atoms with van der Waals surface area (Å²) in [5.41, 5.74) is 8.75. The van der Waals surface area contributed by atoms with Gasteiger partial charge in [-0.2, -0.15) is 0 Å². The van der Waals surface area contributed by atoms with Crippen molar-refractivity contribution in [1.29, 1.82) is 0 Å². The molecule has 5 rings (SSSR count). The van der Waals surface area contributed by atoms with Crippen LogP contribution in [0.25, 0.3) is 22.6 Å². The van der Waals surface area contributed by atoms with Gasteiger partial charge in [-0.25, -0.2) is 0 Å². The number of fused-ring (bicyclic) bond motifs is 2. The third kappa shape index (κ3) is 4.96. The normalized spacial score (nSPS) is 16.2. The second-order valence-electron chi connectivity index (χ2n) is 7.89. The summed E-state index contributed by atoms with van der Waals surface area (Å²) in [7, 11) is 0. The molecule has 1 fully saturated rings. The highest BCUT2D eigenvalue weighted by atomic mass is 16.5. The minimum atomic E-state index is -0.333.